The summed E-state index contributed by atoms with van der Waals surface area (Å²) < 4.78 is 4.98. The van der Waals surface area contributed by atoms with Gasteiger partial charge in [-0.05, 0) is 13.0 Å². The molecule has 44 valence electrons. The molecule has 0 spiro atoms. The number of nitrogens with one attached hydrogen (secondary N) is 1. The molecule has 0 aliphatic rings. The Morgan fingerprint density at radius 2 is 2.43 bits per heavy atom. The van der Waals surface area contributed by atoms with E-state index in [0.29, 0.717) is 0 Å². The minimum Gasteiger partial charge on any atom is -0.308 e. The molecule has 0 saturated heterocycles. The van der Waals surface area contributed by atoms with E-state index in [9.17, 15) is 0 Å². The third kappa shape index (κ3) is 6.56. The highest BCUT2D eigenvalue weighted by molar-refractivity contribution is 14.2. The summed E-state index contributed by atoms with van der Waals surface area (Å²) in [5.74, 6) is 0. The monoisotopic (exact) mass is 213 g/mol. The number of hydrogen-bond acceptors (Lipinski definition) is 1. The van der Waals surface area contributed by atoms with E-state index in [2.05, 4.69) is 16.8 Å². The number of rotatable bonds is 4. The third-order valence-corrected chi connectivity index (χ3v) is 1.69. The van der Waals surface area contributed by atoms with Gasteiger partial charge in [-0.3, -0.25) is 0 Å². The van der Waals surface area contributed by atoms with Crippen molar-refractivity contribution in [3.63, 3.8) is 0 Å². The summed E-state index contributed by atoms with van der Waals surface area (Å²) in [4.78, 5) is 0. The van der Waals surface area contributed by atoms with Gasteiger partial charge in [-0.25, -0.2) is 0 Å². The van der Waals surface area contributed by atoms with Crippen LogP contribution in [0.5, 0.6) is 0 Å². The van der Waals surface area contributed by atoms with Crippen molar-refractivity contribution in [3.8, 4) is 0 Å². The van der Waals surface area contributed by atoms with Crippen LogP contribution in [-0.4, -0.2) is 15.6 Å². The van der Waals surface area contributed by atoms with Gasteiger partial charge < -0.3 is 5.32 Å². The lowest BCUT2D eigenvalue weighted by Crippen LogP contribution is -2.10. The molecule has 2 heteroatoms. The zero-order valence-corrected chi connectivity index (χ0v) is 6.86. The summed E-state index contributed by atoms with van der Waals surface area (Å²) >= 11 is 0.234. The van der Waals surface area contributed by atoms with E-state index < -0.39 is 0 Å². The Morgan fingerprint density at radius 3 is 2.86 bits per heavy atom. The van der Waals surface area contributed by atoms with Gasteiger partial charge in [0.25, 0.3) is 0 Å². The maximum absolute atomic E-state index is 3.80. The molecule has 0 bridgehead atoms. The molecule has 0 radical (unpaired) electrons. The van der Waals surface area contributed by atoms with E-state index in [1.54, 1.807) is 0 Å². The minimum absolute atomic E-state index is 0.234. The summed E-state index contributed by atoms with van der Waals surface area (Å²) in [5.41, 5.74) is 0. The van der Waals surface area contributed by atoms with Crippen LogP contribution in [0.4, 0.5) is 0 Å². The average molecular weight is 213 g/mol. The Balaban J connectivity index is 2.56. The van der Waals surface area contributed by atoms with Gasteiger partial charge in [0.05, 0.1) is 0 Å². The summed E-state index contributed by atoms with van der Waals surface area (Å²) in [5, 5.41) is 3.27. The fraction of sp³-hybridized carbons (Fsp3) is 0.800. The predicted molar refractivity (Wildman–Crippen MR) is 44.3 cm³/mol. The van der Waals surface area contributed by atoms with Crippen molar-refractivity contribution in [3.05, 3.63) is 0 Å². The van der Waals surface area contributed by atoms with E-state index in [-0.39, 0.29) is 20.7 Å². The molecular formula is C5H12IN. The van der Waals surface area contributed by atoms with Crippen molar-refractivity contribution in [2.24, 2.45) is 0 Å². The highest BCUT2D eigenvalue weighted by Gasteiger charge is 1.74. The Morgan fingerprint density at radius 1 is 1.71 bits per heavy atom. The van der Waals surface area contributed by atoms with Crippen molar-refractivity contribution >= 4 is 25.2 Å². The van der Waals surface area contributed by atoms with Crippen LogP contribution < -0.4 is 5.32 Å². The van der Waals surface area contributed by atoms with Crippen LogP contribution in [0.15, 0.2) is 0 Å². The highest BCUT2D eigenvalue weighted by atomic mass is 127. The van der Waals surface area contributed by atoms with Crippen LogP contribution >= 0.6 is 20.7 Å². The lowest BCUT2D eigenvalue weighted by Gasteiger charge is -1.92. The van der Waals surface area contributed by atoms with Crippen LogP contribution in [-0.2, 0) is 0 Å². The second kappa shape index (κ2) is 6.56. The van der Waals surface area contributed by atoms with E-state index in [1.807, 2.05) is 0 Å². The van der Waals surface area contributed by atoms with Crippen LogP contribution in [0.3, 0.4) is 0 Å². The molecule has 0 saturated carbocycles. The lowest BCUT2D eigenvalue weighted by atomic mass is 10.5. The molecule has 0 rings (SSSR count). The standard InChI is InChI=1S/C5H12IN/c1-3-4-7-5-6-2/h7H,2-5H2,1H3. The van der Waals surface area contributed by atoms with Crippen molar-refractivity contribution in [2.45, 2.75) is 13.3 Å². The predicted octanol–water partition coefficient (Wildman–Crippen LogP) is 1.35. The fourth-order valence-electron chi connectivity index (χ4n) is 0.310. The molecule has 1 N–H and O–H groups in total. The summed E-state index contributed by atoms with van der Waals surface area (Å²) in [6, 6.07) is 0. The zero-order chi connectivity index (χ0) is 5.54. The number of alkyl halides is 1. The zero-order valence-electron chi connectivity index (χ0n) is 4.71. The molecule has 0 aromatic rings. The van der Waals surface area contributed by atoms with Gasteiger partial charge in [0.1, 0.15) is 0 Å². The van der Waals surface area contributed by atoms with Crippen LogP contribution in [0.1, 0.15) is 13.3 Å². The van der Waals surface area contributed by atoms with Crippen molar-refractivity contribution < 1.29 is 0 Å². The molecular weight excluding hydrogens is 201 g/mol. The Hall–Kier alpha value is 0.560. The van der Waals surface area contributed by atoms with Gasteiger partial charge in [0.2, 0.25) is 0 Å². The molecule has 0 aliphatic heterocycles. The molecule has 0 unspecified atom stereocenters. The second-order valence-corrected chi connectivity index (χ2v) is 3.16. The van der Waals surface area contributed by atoms with E-state index in [1.165, 1.54) is 11.0 Å². The van der Waals surface area contributed by atoms with Crippen LogP contribution in [0.2, 0.25) is 0 Å². The first kappa shape index (κ1) is 7.56. The average Bonchev–Trinajstić information content (AvgIpc) is 1.69. The lowest BCUT2D eigenvalue weighted by molar-refractivity contribution is 0.765. The van der Waals surface area contributed by atoms with Crippen LogP contribution in [0, 0.1) is 0 Å². The largest absolute Gasteiger partial charge is 0.308 e. The Bertz CT molecular complexity index is 45.3. The maximum Gasteiger partial charge on any atom is 0.0426 e. The van der Waals surface area contributed by atoms with Crippen molar-refractivity contribution in [1.29, 1.82) is 0 Å². The SMILES string of the molecule is C=ICNCCC. The molecule has 0 aliphatic carbocycles. The minimum atomic E-state index is 0.234. The summed E-state index contributed by atoms with van der Waals surface area (Å²) in [6.07, 6.45) is 1.24. The second-order valence-electron chi connectivity index (χ2n) is 1.32. The van der Waals surface area contributed by atoms with E-state index >= 15 is 0 Å². The fourth-order valence-corrected chi connectivity index (χ4v) is 1.07. The molecule has 0 atom stereocenters. The van der Waals surface area contributed by atoms with Gasteiger partial charge in [-0.2, -0.15) is 0 Å². The molecule has 7 heavy (non-hydrogen) atoms. The van der Waals surface area contributed by atoms with Crippen molar-refractivity contribution in [1.82, 2.24) is 5.32 Å². The normalized spacial score (nSPS) is 9.29. The Kier molecular flexibility index (Phi) is 7.08. The van der Waals surface area contributed by atoms with Crippen molar-refractivity contribution in [2.75, 3.05) is 11.1 Å². The first-order valence-electron chi connectivity index (χ1n) is 2.45. The van der Waals surface area contributed by atoms with Gasteiger partial charge in [-0.15, -0.1) is 20.7 Å². The molecule has 0 aromatic carbocycles. The summed E-state index contributed by atoms with van der Waals surface area (Å²) in [6.45, 7) is 3.34. The first-order chi connectivity index (χ1) is 3.41. The first-order valence-corrected chi connectivity index (χ1v) is 5.50. The molecule has 1 nitrogen and oxygen atoms in total. The van der Waals surface area contributed by atoms with Gasteiger partial charge in [-0.1, -0.05) is 11.4 Å². The van der Waals surface area contributed by atoms with Gasteiger partial charge in [0.15, 0.2) is 0 Å². The number of hydrogen-bond donors (Lipinski definition) is 1. The quantitative estimate of drug-likeness (QED) is 0.321. The summed E-state index contributed by atoms with van der Waals surface area (Å²) in [7, 11) is 0. The molecule has 0 amide bonds. The topological polar surface area (TPSA) is 12.0 Å². The van der Waals surface area contributed by atoms with Gasteiger partial charge in [0, 0.05) is 4.55 Å². The highest BCUT2D eigenvalue weighted by Crippen LogP contribution is 1.83. The van der Waals surface area contributed by atoms with Gasteiger partial charge >= 0.3 is 0 Å². The smallest absolute Gasteiger partial charge is 0.0426 e. The number of halogens is 1. The van der Waals surface area contributed by atoms with E-state index in [0.717, 1.165) is 6.54 Å². The molecule has 0 fully saturated rings. The van der Waals surface area contributed by atoms with Crippen LogP contribution in [0.25, 0.3) is 0 Å². The molecule has 0 aromatic heterocycles. The third-order valence-electron chi connectivity index (χ3n) is 0.616. The van der Waals surface area contributed by atoms with E-state index in [4.69, 9.17) is 0 Å². The maximum atomic E-state index is 3.80. The molecule has 0 heterocycles. The Labute approximate surface area is 55.2 Å².